The van der Waals surface area contributed by atoms with Crippen LogP contribution in [0.3, 0.4) is 0 Å². The number of ether oxygens (including phenoxy) is 1. The first-order valence-corrected chi connectivity index (χ1v) is 25.5. The third-order valence-electron chi connectivity index (χ3n) is 13.9. The quantitative estimate of drug-likeness (QED) is 0.171. The Labute approximate surface area is 453 Å². The lowest BCUT2D eigenvalue weighted by molar-refractivity contribution is 0.0223. The lowest BCUT2D eigenvalue weighted by atomic mass is 10.1. The van der Waals surface area contributed by atoms with E-state index in [2.05, 4.69) is 15.5 Å². The Kier molecular flexibility index (Phi) is 13.5. The van der Waals surface area contributed by atoms with Crippen molar-refractivity contribution in [1.82, 2.24) is 67.6 Å². The molecule has 8 heterocycles. The molecule has 0 unspecified atom stereocenters. The molecule has 0 spiro atoms. The normalized spacial score (nSPS) is 13.4. The second-order valence-electron chi connectivity index (χ2n) is 20.4. The zero-order valence-electron chi connectivity index (χ0n) is 43.6. The van der Waals surface area contributed by atoms with Crippen LogP contribution in [0.15, 0.2) is 107 Å². The van der Waals surface area contributed by atoms with Crippen LogP contribution in [0.1, 0.15) is 65.5 Å². The summed E-state index contributed by atoms with van der Waals surface area (Å²) in [7, 11) is 3.79. The van der Waals surface area contributed by atoms with E-state index in [0.717, 1.165) is 113 Å². The average molecular weight is 1080 g/mol. The van der Waals surface area contributed by atoms with Crippen LogP contribution in [-0.2, 0) is 44.8 Å². The van der Waals surface area contributed by atoms with Gasteiger partial charge in [0.1, 0.15) is 17.2 Å². The van der Waals surface area contributed by atoms with Crippen molar-refractivity contribution in [2.45, 2.75) is 80.0 Å². The van der Waals surface area contributed by atoms with Crippen LogP contribution in [0.4, 0.5) is 4.79 Å². The van der Waals surface area contributed by atoms with E-state index < -0.39 is 11.7 Å². The number of benzene rings is 4. The lowest BCUT2D eigenvalue weighted by Crippen LogP contribution is -2.40. The van der Waals surface area contributed by atoms with Crippen LogP contribution in [-0.4, -0.2) is 87.1 Å². The summed E-state index contributed by atoms with van der Waals surface area (Å²) in [6.07, 6.45) is 11.6. The molecular formula is C55H57Cl3N14O4. The van der Waals surface area contributed by atoms with Gasteiger partial charge in [-0.15, -0.1) is 12.4 Å². The summed E-state index contributed by atoms with van der Waals surface area (Å²) >= 11 is 12.9. The lowest BCUT2D eigenvalue weighted by Gasteiger charge is -2.29. The highest BCUT2D eigenvalue weighted by molar-refractivity contribution is 6.32. The highest BCUT2D eigenvalue weighted by Gasteiger charge is 2.32. The van der Waals surface area contributed by atoms with Crippen molar-refractivity contribution in [2.75, 3.05) is 13.1 Å². The molecule has 0 radical (unpaired) electrons. The highest BCUT2D eigenvalue weighted by atomic mass is 35.5. The van der Waals surface area contributed by atoms with Gasteiger partial charge in [0.25, 0.3) is 0 Å². The monoisotopic (exact) mass is 1080 g/mol. The van der Waals surface area contributed by atoms with Crippen LogP contribution in [0, 0.1) is 27.7 Å². The number of nitrogens with one attached hydrogen (secondary N) is 1. The third-order valence-corrected chi connectivity index (χ3v) is 15.1. The van der Waals surface area contributed by atoms with Gasteiger partial charge in [0, 0.05) is 103 Å². The third kappa shape index (κ3) is 9.22. The van der Waals surface area contributed by atoms with Gasteiger partial charge >= 0.3 is 17.5 Å². The molecule has 0 saturated carbocycles. The van der Waals surface area contributed by atoms with Crippen LogP contribution in [0.2, 0.25) is 10.0 Å². The van der Waals surface area contributed by atoms with Crippen molar-refractivity contribution in [2.24, 2.45) is 14.1 Å². The van der Waals surface area contributed by atoms with Gasteiger partial charge in [-0.3, -0.25) is 27.6 Å². The molecule has 1 amide bonds. The topological polar surface area (TPSA) is 167 Å². The fourth-order valence-corrected chi connectivity index (χ4v) is 10.4. The fourth-order valence-electron chi connectivity index (χ4n) is 10.1. The molecule has 0 bridgehead atoms. The molecule has 18 nitrogen and oxygen atoms in total. The van der Waals surface area contributed by atoms with E-state index >= 15 is 0 Å². The van der Waals surface area contributed by atoms with E-state index in [1.807, 2.05) is 145 Å². The van der Waals surface area contributed by atoms with Crippen molar-refractivity contribution in [3.63, 3.8) is 0 Å². The molecule has 392 valence electrons. The molecule has 12 rings (SSSR count). The van der Waals surface area contributed by atoms with E-state index in [1.54, 1.807) is 57.3 Å². The summed E-state index contributed by atoms with van der Waals surface area (Å²) in [6.45, 7) is 15.7. The minimum atomic E-state index is -0.619. The number of halogens is 3. The number of carbonyl (C=O) groups excluding carboxylic acids is 1. The smallest absolute Gasteiger partial charge is 0.410 e. The summed E-state index contributed by atoms with van der Waals surface area (Å²) < 4.78 is 19.5. The molecule has 6 aromatic heterocycles. The molecule has 4 aromatic carbocycles. The number of aromatic nitrogens is 12. The summed E-state index contributed by atoms with van der Waals surface area (Å²) in [4.78, 5) is 42.4. The molecule has 2 aliphatic heterocycles. The minimum Gasteiger partial charge on any atom is -0.444 e. The van der Waals surface area contributed by atoms with E-state index in [4.69, 9.17) is 38.1 Å². The van der Waals surface area contributed by atoms with Gasteiger partial charge < -0.3 is 15.0 Å². The average Bonchev–Trinajstić information content (AvgIpc) is 4.26. The predicted molar refractivity (Wildman–Crippen MR) is 297 cm³/mol. The number of imidazole rings is 2. The summed E-state index contributed by atoms with van der Waals surface area (Å²) in [5.41, 5.74) is 11.6. The van der Waals surface area contributed by atoms with Gasteiger partial charge in [-0.2, -0.15) is 20.4 Å². The number of aryl methyl sites for hydroxylation is 6. The number of amides is 1. The maximum Gasteiger partial charge on any atom is 0.410 e. The van der Waals surface area contributed by atoms with Crippen molar-refractivity contribution in [3.05, 3.63) is 174 Å². The van der Waals surface area contributed by atoms with Gasteiger partial charge in [-0.1, -0.05) is 23.2 Å². The maximum atomic E-state index is 14.0. The first kappa shape index (κ1) is 51.8. The van der Waals surface area contributed by atoms with Gasteiger partial charge in [0.2, 0.25) is 0 Å². The van der Waals surface area contributed by atoms with Crippen molar-refractivity contribution in [3.8, 4) is 34.4 Å². The summed E-state index contributed by atoms with van der Waals surface area (Å²) in [5.74, 6) is 1.34. The number of carbonyl (C=O) groups is 1. The van der Waals surface area contributed by atoms with E-state index in [0.29, 0.717) is 30.4 Å². The van der Waals surface area contributed by atoms with Gasteiger partial charge in [0.05, 0.1) is 64.1 Å². The Hall–Kier alpha value is -7.64. The van der Waals surface area contributed by atoms with Crippen LogP contribution in [0.5, 0.6) is 0 Å². The van der Waals surface area contributed by atoms with Gasteiger partial charge in [-0.05, 0) is 131 Å². The molecule has 76 heavy (non-hydrogen) atoms. The van der Waals surface area contributed by atoms with Crippen LogP contribution in [0.25, 0.3) is 56.2 Å². The molecule has 0 fully saturated rings. The largest absolute Gasteiger partial charge is 0.444 e. The van der Waals surface area contributed by atoms with Gasteiger partial charge in [0.15, 0.2) is 0 Å². The Bertz CT molecular complexity index is 4000. The molecule has 2 aliphatic rings. The van der Waals surface area contributed by atoms with E-state index in [1.165, 1.54) is 0 Å². The molecule has 21 heteroatoms. The predicted octanol–water partition coefficient (Wildman–Crippen LogP) is 9.30. The molecule has 0 aliphatic carbocycles. The van der Waals surface area contributed by atoms with Crippen molar-refractivity contribution >= 4 is 63.5 Å². The van der Waals surface area contributed by atoms with Gasteiger partial charge in [-0.25, -0.2) is 23.7 Å². The van der Waals surface area contributed by atoms with Crippen molar-refractivity contribution < 1.29 is 9.53 Å². The number of hydrogen-bond donors (Lipinski definition) is 1. The molecule has 0 saturated heterocycles. The second kappa shape index (κ2) is 19.8. The Balaban J connectivity index is 0.000000173. The first-order chi connectivity index (χ1) is 35.8. The Morgan fingerprint density at radius 2 is 1.07 bits per heavy atom. The molecular weight excluding hydrogens is 1030 g/mol. The fraction of sp³-hybridized carbons (Fsp3) is 0.291. The Morgan fingerprint density at radius 3 is 1.54 bits per heavy atom. The standard InChI is InChI=1S/C30H32ClN7O3.C25H24ClN7O.ClH/c1-18-13-22(14-19(2)26(18)31)38-27(23-17-35(10-9-24(23)33-38)29(40)41-30(3,4)5)37-12-11-36(28(37)39)21-7-8-25-20(15-21)16-32-34(25)6;1-15-10-19(11-16(2)23(15)26)33-24(20-14-27-7-6-21(20)29-33)32-9-8-31(25(32)34)18-4-5-22-17(12-18)13-28-30(22)3;/h7-8,11-16H,9-10,17H2,1-6H3;4-5,8-13,27H,6-7,14H2,1-3H3;1H. The number of rotatable bonds is 6. The van der Waals surface area contributed by atoms with Crippen LogP contribution >= 0.6 is 35.6 Å². The number of hydrogen-bond acceptors (Lipinski definition) is 9. The SMILES string of the molecule is Cc1cc(-n2nc3c(c2-n2ccn(-c4ccc5c(cnn5C)c4)c2=O)CN(C(=O)OC(C)(C)C)CC3)cc(C)c1Cl.Cc1cc(-n2nc3c(c2-n2ccn(-c4ccc5c(cnn5C)c4)c2=O)CNCC3)cc(C)c1Cl.Cl. The Morgan fingerprint density at radius 1 is 0.618 bits per heavy atom. The zero-order valence-corrected chi connectivity index (χ0v) is 45.9. The highest BCUT2D eigenvalue weighted by Crippen LogP contribution is 2.33. The van der Waals surface area contributed by atoms with E-state index in [-0.39, 0.29) is 30.3 Å². The van der Waals surface area contributed by atoms with Crippen LogP contribution < -0.4 is 16.7 Å². The first-order valence-electron chi connectivity index (χ1n) is 24.7. The minimum absolute atomic E-state index is 0. The second-order valence-corrected chi connectivity index (χ2v) is 21.1. The molecule has 10 aromatic rings. The number of nitrogens with zero attached hydrogens (tertiary/aromatic N) is 13. The molecule has 1 N–H and O–H groups in total. The summed E-state index contributed by atoms with van der Waals surface area (Å²) in [5, 5.41) is 25.3. The maximum absolute atomic E-state index is 14.0. The van der Waals surface area contributed by atoms with Crippen molar-refractivity contribution in [1.29, 1.82) is 0 Å². The zero-order chi connectivity index (χ0) is 52.8. The number of fused-ring (bicyclic) bond motifs is 4. The summed E-state index contributed by atoms with van der Waals surface area (Å²) in [6, 6.07) is 19.6. The van der Waals surface area contributed by atoms with E-state index in [9.17, 15) is 14.4 Å². The molecule has 0 atom stereocenters.